The summed E-state index contributed by atoms with van der Waals surface area (Å²) in [7, 11) is 2.93. The fourth-order valence-electron chi connectivity index (χ4n) is 4.22. The second-order valence-corrected chi connectivity index (χ2v) is 7.85. The first kappa shape index (κ1) is 22.0. The molecule has 0 bridgehead atoms. The molecule has 2 heterocycles. The summed E-state index contributed by atoms with van der Waals surface area (Å²) in [6, 6.07) is 4.60. The van der Waals surface area contributed by atoms with E-state index < -0.39 is 5.97 Å². The zero-order valence-corrected chi connectivity index (χ0v) is 18.0. The molecule has 30 heavy (non-hydrogen) atoms. The van der Waals surface area contributed by atoms with Gasteiger partial charge in [0.15, 0.2) is 0 Å². The summed E-state index contributed by atoms with van der Waals surface area (Å²) < 4.78 is 23.8. The lowest BCUT2D eigenvalue weighted by atomic mass is 10.1. The first-order valence-corrected chi connectivity index (χ1v) is 10.1. The maximum absolute atomic E-state index is 13.6. The maximum atomic E-state index is 13.6. The van der Waals surface area contributed by atoms with Crippen LogP contribution in [0.4, 0.5) is 4.39 Å². The summed E-state index contributed by atoms with van der Waals surface area (Å²) in [5.74, 6) is 0.00416. The van der Waals surface area contributed by atoms with Crippen LogP contribution in [-0.4, -0.2) is 63.7 Å². The van der Waals surface area contributed by atoms with Crippen molar-refractivity contribution in [2.75, 3.05) is 46.9 Å². The first-order valence-electron chi connectivity index (χ1n) is 10.1. The summed E-state index contributed by atoms with van der Waals surface area (Å²) in [5, 5.41) is 0. The van der Waals surface area contributed by atoms with Crippen molar-refractivity contribution in [1.29, 1.82) is 0 Å². The van der Waals surface area contributed by atoms with E-state index in [2.05, 4.69) is 4.98 Å². The topological polar surface area (TPSA) is 77.3 Å². The Morgan fingerprint density at radius 3 is 2.40 bits per heavy atom. The Kier molecular flexibility index (Phi) is 6.89. The third-order valence-corrected chi connectivity index (χ3v) is 5.86. The summed E-state index contributed by atoms with van der Waals surface area (Å²) in [5.41, 5.74) is 3.08. The molecule has 0 radical (unpaired) electrons. The first-order chi connectivity index (χ1) is 14.3. The van der Waals surface area contributed by atoms with Gasteiger partial charge in [0.05, 0.1) is 31.0 Å². The van der Waals surface area contributed by atoms with Gasteiger partial charge in [-0.05, 0) is 37.6 Å². The largest absolute Gasteiger partial charge is 0.496 e. The van der Waals surface area contributed by atoms with Gasteiger partial charge >= 0.3 is 5.97 Å². The minimum atomic E-state index is -0.433. The van der Waals surface area contributed by atoms with E-state index in [0.29, 0.717) is 41.4 Å². The van der Waals surface area contributed by atoms with Crippen LogP contribution < -0.4 is 14.5 Å². The molecule has 162 valence electrons. The summed E-state index contributed by atoms with van der Waals surface area (Å²) >= 11 is 0. The van der Waals surface area contributed by atoms with Crippen molar-refractivity contribution in [3.05, 3.63) is 52.1 Å². The molecule has 0 unspecified atom stereocenters. The van der Waals surface area contributed by atoms with Crippen LogP contribution in [0.5, 0.6) is 5.75 Å². The number of esters is 1. The number of halogens is 1. The highest BCUT2D eigenvalue weighted by molar-refractivity contribution is 6.01. The van der Waals surface area contributed by atoms with Crippen molar-refractivity contribution in [3.63, 3.8) is 0 Å². The van der Waals surface area contributed by atoms with E-state index in [1.165, 1.54) is 29.0 Å². The van der Waals surface area contributed by atoms with Crippen molar-refractivity contribution in [2.24, 2.45) is 0 Å². The van der Waals surface area contributed by atoms with Crippen LogP contribution in [0.3, 0.4) is 0 Å². The van der Waals surface area contributed by atoms with Crippen LogP contribution >= 0.6 is 0 Å². The van der Waals surface area contributed by atoms with E-state index >= 15 is 0 Å². The lowest BCUT2D eigenvalue weighted by molar-refractivity contribution is -1.01. The number of Topliss-reactive ketones (excluding diaryl/α,β-unsaturated/α-hetero) is 1. The second kappa shape index (κ2) is 9.40. The van der Waals surface area contributed by atoms with Gasteiger partial charge < -0.3 is 24.3 Å². The molecular weight excluding hydrogens is 389 g/mol. The molecule has 1 aromatic carbocycles. The average Bonchev–Trinajstić information content (AvgIpc) is 3.03. The number of carbonyl (C=O) groups is 2. The lowest BCUT2D eigenvalue weighted by Crippen LogP contribution is -3.27. The Balaban J connectivity index is 1.58. The van der Waals surface area contributed by atoms with Crippen LogP contribution in [0.1, 0.15) is 37.7 Å². The highest BCUT2D eigenvalue weighted by atomic mass is 19.1. The van der Waals surface area contributed by atoms with E-state index in [1.54, 1.807) is 27.0 Å². The number of ether oxygens (including phenoxy) is 2. The van der Waals surface area contributed by atoms with Gasteiger partial charge in [0.1, 0.15) is 50.8 Å². The monoisotopic (exact) mass is 419 g/mol. The third-order valence-electron chi connectivity index (χ3n) is 5.86. The van der Waals surface area contributed by atoms with Gasteiger partial charge in [0.25, 0.3) is 0 Å². The fourth-order valence-corrected chi connectivity index (χ4v) is 4.22. The molecule has 3 N–H and O–H groups in total. The number of aromatic amines is 1. The number of ketones is 1. The molecule has 0 aliphatic carbocycles. The van der Waals surface area contributed by atoms with Gasteiger partial charge in [0.2, 0.25) is 5.78 Å². The maximum Gasteiger partial charge on any atom is 0.339 e. The number of H-pyrrole nitrogens is 1. The Labute approximate surface area is 175 Å². The molecule has 3 rings (SSSR count). The van der Waals surface area contributed by atoms with Gasteiger partial charge in [-0.1, -0.05) is 0 Å². The van der Waals surface area contributed by atoms with E-state index in [-0.39, 0.29) is 11.6 Å². The molecule has 1 aliphatic rings. The van der Waals surface area contributed by atoms with Gasteiger partial charge in [-0.15, -0.1) is 0 Å². The van der Waals surface area contributed by atoms with Gasteiger partial charge in [-0.2, -0.15) is 0 Å². The van der Waals surface area contributed by atoms with Crippen LogP contribution in [-0.2, 0) is 11.3 Å². The molecule has 0 spiro atoms. The quantitative estimate of drug-likeness (QED) is 0.427. The predicted octanol–water partition coefficient (Wildman–Crippen LogP) is -0.268. The van der Waals surface area contributed by atoms with E-state index in [4.69, 9.17) is 9.47 Å². The zero-order chi connectivity index (χ0) is 21.8. The van der Waals surface area contributed by atoms with Crippen molar-refractivity contribution in [3.8, 4) is 5.75 Å². The Morgan fingerprint density at radius 1 is 1.10 bits per heavy atom. The van der Waals surface area contributed by atoms with E-state index in [1.807, 2.05) is 0 Å². The molecule has 7 nitrogen and oxygen atoms in total. The zero-order valence-electron chi connectivity index (χ0n) is 18.0. The molecule has 1 aromatic heterocycles. The number of piperazine rings is 1. The van der Waals surface area contributed by atoms with Crippen LogP contribution in [0, 0.1) is 19.7 Å². The normalized spacial score (nSPS) is 18.8. The fraction of sp³-hybridized carbons (Fsp3) is 0.455. The number of methoxy groups -OCH3 is 2. The van der Waals surface area contributed by atoms with Gasteiger partial charge in [0, 0.05) is 5.69 Å². The molecular formula is C22H30FN3O4+2. The standard InChI is InChI=1S/C22H28FN3O4/c1-14-20(22(28)30-4)15(2)24-21(14)18(27)13-26-9-7-25(8-10-26)12-16-11-17(23)5-6-19(16)29-3/h5-6,11,24H,7-10,12-13H2,1-4H3/p+2. The smallest absolute Gasteiger partial charge is 0.339 e. The number of hydrogen-bond donors (Lipinski definition) is 3. The lowest BCUT2D eigenvalue weighted by Gasteiger charge is -2.29. The number of rotatable bonds is 7. The second-order valence-electron chi connectivity index (χ2n) is 7.85. The predicted molar refractivity (Wildman–Crippen MR) is 109 cm³/mol. The molecule has 0 atom stereocenters. The number of quaternary nitrogens is 2. The molecule has 1 aliphatic heterocycles. The van der Waals surface area contributed by atoms with E-state index in [9.17, 15) is 14.0 Å². The average molecular weight is 419 g/mol. The molecule has 8 heteroatoms. The van der Waals surface area contributed by atoms with Crippen molar-refractivity contribution < 1.29 is 33.3 Å². The molecule has 1 fully saturated rings. The van der Waals surface area contributed by atoms with Crippen LogP contribution in [0.2, 0.25) is 0 Å². The number of hydrogen-bond acceptors (Lipinski definition) is 4. The molecule has 0 saturated carbocycles. The summed E-state index contributed by atoms with van der Waals surface area (Å²) in [6.45, 7) is 8.08. The van der Waals surface area contributed by atoms with Gasteiger partial charge in [-0.3, -0.25) is 4.79 Å². The number of carbonyl (C=O) groups excluding carboxylic acids is 2. The van der Waals surface area contributed by atoms with E-state index in [0.717, 1.165) is 31.7 Å². The van der Waals surface area contributed by atoms with Gasteiger partial charge in [-0.25, -0.2) is 9.18 Å². The summed E-state index contributed by atoms with van der Waals surface area (Å²) in [4.78, 5) is 30.4. The number of benzene rings is 1. The number of aryl methyl sites for hydroxylation is 1. The highest BCUT2D eigenvalue weighted by Crippen LogP contribution is 2.19. The Bertz CT molecular complexity index is 933. The highest BCUT2D eigenvalue weighted by Gasteiger charge is 2.29. The van der Waals surface area contributed by atoms with Crippen LogP contribution in [0.15, 0.2) is 18.2 Å². The Hall–Kier alpha value is -2.71. The molecule has 0 amide bonds. The summed E-state index contributed by atoms with van der Waals surface area (Å²) in [6.07, 6.45) is 0. The van der Waals surface area contributed by atoms with Crippen LogP contribution in [0.25, 0.3) is 0 Å². The number of aromatic nitrogens is 1. The Morgan fingerprint density at radius 2 is 1.77 bits per heavy atom. The van der Waals surface area contributed by atoms with Crippen molar-refractivity contribution >= 4 is 11.8 Å². The SMILES string of the molecule is COC(=O)c1c(C)[nH]c(C(=O)C[NH+]2CC[NH+](Cc3cc(F)ccc3OC)CC2)c1C. The molecule has 1 saturated heterocycles. The minimum absolute atomic E-state index is 0.00370. The van der Waals surface area contributed by atoms with Crippen molar-refractivity contribution in [1.82, 2.24) is 4.98 Å². The third kappa shape index (κ3) is 4.71. The molecule has 2 aromatic rings. The number of nitrogens with one attached hydrogen (secondary N) is 3. The minimum Gasteiger partial charge on any atom is -0.496 e. The van der Waals surface area contributed by atoms with Crippen molar-refractivity contribution in [2.45, 2.75) is 20.4 Å².